The van der Waals surface area contributed by atoms with Crippen LogP contribution in [0.2, 0.25) is 0 Å². The van der Waals surface area contributed by atoms with Gasteiger partial charge in [0.1, 0.15) is 6.08 Å². The van der Waals surface area contributed by atoms with Gasteiger partial charge in [-0.2, -0.15) is 0 Å². The predicted octanol–water partition coefficient (Wildman–Crippen LogP) is 6.06. The molecule has 3 heteroatoms. The average Bonchev–Trinajstić information content (AvgIpc) is 2.95. The fourth-order valence-corrected chi connectivity index (χ4v) is 7.15. The summed E-state index contributed by atoms with van der Waals surface area (Å²) in [5, 5.41) is 0. The number of carbonyl (C=O) groups is 2. The number of ketones is 1. The van der Waals surface area contributed by atoms with Crippen LogP contribution in [0.15, 0.2) is 42.0 Å². The van der Waals surface area contributed by atoms with Crippen molar-refractivity contribution in [3.8, 4) is 0 Å². The minimum absolute atomic E-state index is 0.00308. The molecule has 0 saturated heterocycles. The van der Waals surface area contributed by atoms with Crippen LogP contribution in [0.4, 0.5) is 0 Å². The summed E-state index contributed by atoms with van der Waals surface area (Å²) in [6, 6.07) is 9.71. The lowest BCUT2D eigenvalue weighted by Crippen LogP contribution is -2.51. The number of benzene rings is 1. The molecule has 0 N–H and O–H groups in total. The molecule has 166 valence electrons. The molecule has 3 fully saturated rings. The normalized spacial score (nSPS) is 44.6. The number of fused-ring (bicyclic) bond motifs is 5. The lowest BCUT2D eigenvalue weighted by atomic mass is 9.47. The zero-order valence-electron chi connectivity index (χ0n) is 21.8. The number of esters is 1. The summed E-state index contributed by atoms with van der Waals surface area (Å²) in [5.74, 6) is 0.427. The van der Waals surface area contributed by atoms with E-state index in [4.69, 9.17) is 7.48 Å². The lowest BCUT2D eigenvalue weighted by Gasteiger charge is -2.57. The number of allylic oxidation sites excluding steroid dienone is 1. The first kappa shape index (κ1) is 17.6. The van der Waals surface area contributed by atoms with Crippen LogP contribution in [0.25, 0.3) is 0 Å². The van der Waals surface area contributed by atoms with Crippen LogP contribution in [0, 0.1) is 28.6 Å². The van der Waals surface area contributed by atoms with Crippen molar-refractivity contribution in [2.24, 2.45) is 28.6 Å². The van der Waals surface area contributed by atoms with Crippen molar-refractivity contribution >= 4 is 11.8 Å². The molecule has 0 radical (unpaired) electrons. The van der Waals surface area contributed by atoms with Crippen molar-refractivity contribution in [2.75, 3.05) is 0 Å². The number of carbonyl (C=O) groups excluding carboxylic acids is 2. The summed E-state index contributed by atoms with van der Waals surface area (Å²) < 4.78 is 32.9. The summed E-state index contributed by atoms with van der Waals surface area (Å²) in [6.07, 6.45) is 3.84. The van der Waals surface area contributed by atoms with E-state index in [1.54, 1.807) is 0 Å². The number of aryl methyl sites for hydroxylation is 1. The summed E-state index contributed by atoms with van der Waals surface area (Å²) in [6.45, 7) is 4.29. The Hall–Kier alpha value is -1.90. The van der Waals surface area contributed by atoms with Crippen LogP contribution in [0.3, 0.4) is 0 Å². The molecule has 5 rings (SSSR count). The van der Waals surface area contributed by atoms with Crippen molar-refractivity contribution in [2.45, 2.75) is 84.1 Å². The van der Waals surface area contributed by atoms with Crippen LogP contribution in [0.1, 0.15) is 81.3 Å². The van der Waals surface area contributed by atoms with E-state index in [1.165, 1.54) is 5.57 Å². The molecule has 3 saturated carbocycles. The molecule has 1 aromatic carbocycles. The molecular formula is C28H36O3. The number of hydrogen-bond donors (Lipinski definition) is 0. The second-order valence-electron chi connectivity index (χ2n) is 10.6. The Morgan fingerprint density at radius 2 is 1.94 bits per heavy atom. The van der Waals surface area contributed by atoms with Gasteiger partial charge in [0.2, 0.25) is 0 Å². The van der Waals surface area contributed by atoms with E-state index in [0.29, 0.717) is 31.1 Å². The van der Waals surface area contributed by atoms with E-state index in [9.17, 15) is 11.0 Å². The zero-order valence-corrected chi connectivity index (χ0v) is 18.8. The van der Waals surface area contributed by atoms with Crippen molar-refractivity contribution < 1.29 is 18.4 Å². The molecule has 0 aliphatic heterocycles. The van der Waals surface area contributed by atoms with Crippen LogP contribution in [-0.2, 0) is 20.7 Å². The monoisotopic (exact) mass is 423 g/mol. The Morgan fingerprint density at radius 1 is 1.13 bits per heavy atom. The average molecular weight is 424 g/mol. The van der Waals surface area contributed by atoms with Gasteiger partial charge in [0, 0.05) is 21.0 Å². The highest BCUT2D eigenvalue weighted by molar-refractivity contribution is 5.91. The van der Waals surface area contributed by atoms with Gasteiger partial charge in [-0.05, 0) is 86.1 Å². The molecule has 0 heterocycles. The van der Waals surface area contributed by atoms with Gasteiger partial charge in [0.05, 0.1) is 1.37 Å². The fraction of sp³-hybridized carbons (Fsp3) is 0.643. The molecule has 31 heavy (non-hydrogen) atoms. The minimum atomic E-state index is -1.90. The second-order valence-corrected chi connectivity index (χ2v) is 10.6. The quantitative estimate of drug-likeness (QED) is 0.553. The molecule has 1 aromatic rings. The molecule has 0 amide bonds. The molecule has 0 aromatic heterocycles. The first-order valence-electron chi connectivity index (χ1n) is 13.5. The van der Waals surface area contributed by atoms with Crippen LogP contribution in [0.5, 0.6) is 0 Å². The van der Waals surface area contributed by atoms with E-state index in [2.05, 4.69) is 6.92 Å². The molecule has 0 bridgehead atoms. The van der Waals surface area contributed by atoms with Crippen LogP contribution in [-0.4, -0.2) is 17.8 Å². The van der Waals surface area contributed by atoms with Crippen LogP contribution >= 0.6 is 0 Å². The molecule has 4 aliphatic rings. The third-order valence-electron chi connectivity index (χ3n) is 9.03. The maximum Gasteiger partial charge on any atom is 0.306 e. The third-order valence-corrected chi connectivity index (χ3v) is 9.03. The Balaban J connectivity index is 1.38. The maximum atomic E-state index is 12.9. The number of hydrogen-bond acceptors (Lipinski definition) is 3. The van der Waals surface area contributed by atoms with Gasteiger partial charge in [0.15, 0.2) is 5.78 Å². The van der Waals surface area contributed by atoms with Gasteiger partial charge in [-0.3, -0.25) is 9.59 Å². The molecule has 4 aliphatic carbocycles. The van der Waals surface area contributed by atoms with Gasteiger partial charge in [0.25, 0.3) is 0 Å². The van der Waals surface area contributed by atoms with Crippen molar-refractivity contribution in [3.05, 3.63) is 47.5 Å². The van der Waals surface area contributed by atoms with E-state index < -0.39 is 23.8 Å². The summed E-state index contributed by atoms with van der Waals surface area (Å²) >= 11 is 0. The lowest BCUT2D eigenvalue weighted by molar-refractivity contribution is -0.159. The van der Waals surface area contributed by atoms with E-state index in [-0.39, 0.29) is 30.0 Å². The fourth-order valence-electron chi connectivity index (χ4n) is 7.15. The van der Waals surface area contributed by atoms with Gasteiger partial charge >= 0.3 is 5.97 Å². The highest BCUT2D eigenvalue weighted by atomic mass is 16.5. The molecule has 6 atom stereocenters. The highest BCUT2D eigenvalue weighted by Crippen LogP contribution is 2.65. The first-order valence-corrected chi connectivity index (χ1v) is 12.0. The Bertz CT molecular complexity index is 1020. The van der Waals surface area contributed by atoms with Gasteiger partial charge in [-0.1, -0.05) is 49.8 Å². The van der Waals surface area contributed by atoms with E-state index in [0.717, 1.165) is 31.2 Å². The first-order chi connectivity index (χ1) is 16.0. The Morgan fingerprint density at radius 3 is 2.74 bits per heavy atom. The van der Waals surface area contributed by atoms with Crippen molar-refractivity contribution in [1.29, 1.82) is 0 Å². The van der Waals surface area contributed by atoms with E-state index in [1.807, 2.05) is 43.3 Å². The molecule has 0 unspecified atom stereocenters. The molecular weight excluding hydrogens is 384 g/mol. The third kappa shape index (κ3) is 3.58. The van der Waals surface area contributed by atoms with Crippen LogP contribution < -0.4 is 0 Å². The number of rotatable bonds is 4. The summed E-state index contributed by atoms with van der Waals surface area (Å²) in [4.78, 5) is 25.0. The number of ether oxygens (including phenoxy) is 1. The zero-order chi connectivity index (χ0) is 24.4. The summed E-state index contributed by atoms with van der Waals surface area (Å²) in [5.41, 5.74) is 1.58. The molecule has 0 spiro atoms. The SMILES string of the molecule is [2H]C1([2H])C[C@H]2[C@@H]3CCC4=CC(=O)CC[C@]4(C)[C@H]3CC[C@]2(C)[C@@]1([2H])OC(=O)CCc1ccccc1. The largest absolute Gasteiger partial charge is 0.462 e. The molecule has 3 nitrogen and oxygen atoms in total. The topological polar surface area (TPSA) is 43.4 Å². The predicted molar refractivity (Wildman–Crippen MR) is 121 cm³/mol. The van der Waals surface area contributed by atoms with Gasteiger partial charge < -0.3 is 4.74 Å². The Kier molecular flexibility index (Phi) is 4.50. The Labute approximate surface area is 190 Å². The summed E-state index contributed by atoms with van der Waals surface area (Å²) in [7, 11) is 0. The minimum Gasteiger partial charge on any atom is -0.462 e. The standard InChI is InChI=1S/C28H36O3/c1-27-16-14-21(29)18-20(27)9-10-22-23-11-12-25(28(23,2)17-15-24(22)27)31-26(30)13-8-19-6-4-3-5-7-19/h3-7,18,22-25H,8-17H2,1-2H3/t22-,23-,24-,25-,27-,28-/m0/s1/i12D2,25D. The maximum absolute atomic E-state index is 12.9. The highest BCUT2D eigenvalue weighted by Gasteiger charge is 2.59. The second kappa shape index (κ2) is 7.90. The van der Waals surface area contributed by atoms with E-state index >= 15 is 0 Å². The van der Waals surface area contributed by atoms with Gasteiger partial charge in [-0.25, -0.2) is 0 Å². The smallest absolute Gasteiger partial charge is 0.306 e. The van der Waals surface area contributed by atoms with Crippen molar-refractivity contribution in [1.82, 2.24) is 0 Å². The van der Waals surface area contributed by atoms with Crippen molar-refractivity contribution in [3.63, 3.8) is 0 Å². The van der Waals surface area contributed by atoms with Gasteiger partial charge in [-0.15, -0.1) is 0 Å².